The van der Waals surface area contributed by atoms with Gasteiger partial charge in [-0.15, -0.1) is 0 Å². The molecular weight excluding hydrogens is 459 g/mol. The van der Waals surface area contributed by atoms with Gasteiger partial charge in [-0.2, -0.15) is 13.2 Å². The second-order valence-electron chi connectivity index (χ2n) is 8.51. The monoisotopic (exact) mass is 483 g/mol. The highest BCUT2D eigenvalue weighted by atomic mass is 19.4. The summed E-state index contributed by atoms with van der Waals surface area (Å²) in [6, 6.07) is 5.09. The molecule has 2 aliphatic heterocycles. The molecule has 0 bridgehead atoms. The molecular formula is C23H24F3NO7. The van der Waals surface area contributed by atoms with E-state index in [-0.39, 0.29) is 35.3 Å². The maximum Gasteiger partial charge on any atom is 0.471 e. The van der Waals surface area contributed by atoms with Crippen molar-refractivity contribution in [2.75, 3.05) is 0 Å². The number of rotatable bonds is 4. The fraction of sp³-hybridized carbons (Fsp3) is 0.522. The van der Waals surface area contributed by atoms with Crippen molar-refractivity contribution < 1.29 is 46.9 Å². The lowest BCUT2D eigenvalue weighted by atomic mass is 9.80. The van der Waals surface area contributed by atoms with E-state index >= 15 is 0 Å². The Labute approximate surface area is 193 Å². The first kappa shape index (κ1) is 24.5. The topological polar surface area (TPSA) is 111 Å². The van der Waals surface area contributed by atoms with Crippen LogP contribution in [0.1, 0.15) is 53.8 Å². The van der Waals surface area contributed by atoms with Crippen LogP contribution in [0.4, 0.5) is 13.2 Å². The zero-order valence-corrected chi connectivity index (χ0v) is 18.4. The highest BCUT2D eigenvalue weighted by molar-refractivity contribution is 6.27. The van der Waals surface area contributed by atoms with Gasteiger partial charge in [-0.1, -0.05) is 31.2 Å². The van der Waals surface area contributed by atoms with Gasteiger partial charge < -0.3 is 24.6 Å². The smallest absolute Gasteiger partial charge is 0.388 e. The van der Waals surface area contributed by atoms with Crippen LogP contribution in [0.5, 0.6) is 0 Å². The molecule has 1 aromatic carbocycles. The number of halogens is 3. The van der Waals surface area contributed by atoms with E-state index in [0.29, 0.717) is 12.0 Å². The van der Waals surface area contributed by atoms with Gasteiger partial charge in [0.15, 0.2) is 24.1 Å². The van der Waals surface area contributed by atoms with Crippen LogP contribution in [0.3, 0.4) is 0 Å². The number of aliphatic hydroxyl groups excluding tert-OH is 1. The molecule has 8 nitrogen and oxygen atoms in total. The van der Waals surface area contributed by atoms with Gasteiger partial charge in [0.25, 0.3) is 0 Å². The molecule has 0 saturated carbocycles. The second kappa shape index (κ2) is 9.21. The maximum atomic E-state index is 13.2. The number of nitrogens with one attached hydrogen (secondary N) is 1. The van der Waals surface area contributed by atoms with Gasteiger partial charge in [0.2, 0.25) is 0 Å². The molecule has 0 unspecified atom stereocenters. The van der Waals surface area contributed by atoms with Gasteiger partial charge >= 0.3 is 12.1 Å². The Kier molecular flexibility index (Phi) is 6.65. The first-order valence-electron chi connectivity index (χ1n) is 10.9. The number of carbonyl (C=O) groups is 3. The summed E-state index contributed by atoms with van der Waals surface area (Å²) in [5.41, 5.74) is 0.814. The minimum Gasteiger partial charge on any atom is -0.388 e. The molecule has 3 aliphatic rings. The van der Waals surface area contributed by atoms with Crippen molar-refractivity contribution in [3.63, 3.8) is 0 Å². The van der Waals surface area contributed by atoms with Crippen molar-refractivity contribution in [1.29, 1.82) is 0 Å². The lowest BCUT2D eigenvalue weighted by Crippen LogP contribution is -2.58. The first-order valence-corrected chi connectivity index (χ1v) is 10.9. The van der Waals surface area contributed by atoms with Crippen LogP contribution in [0.25, 0.3) is 0 Å². The molecule has 184 valence electrons. The van der Waals surface area contributed by atoms with Crippen molar-refractivity contribution in [2.24, 2.45) is 0 Å². The molecule has 6 atom stereocenters. The van der Waals surface area contributed by atoms with Crippen molar-refractivity contribution in [3.8, 4) is 0 Å². The predicted octanol–water partition coefficient (Wildman–Crippen LogP) is 2.45. The lowest BCUT2D eigenvalue weighted by molar-refractivity contribution is -0.285. The SMILES string of the molecule is CC[C@@H]1CC2=C(C(=O)c3ccccc3C2=O)[C@@H](O[C@H]2C[C@H](NC(=O)C(F)(F)F)[C@H](O)[C@H](C)O2)O1. The van der Waals surface area contributed by atoms with Gasteiger partial charge in [-0.05, 0) is 13.3 Å². The van der Waals surface area contributed by atoms with E-state index in [1.165, 1.54) is 13.0 Å². The van der Waals surface area contributed by atoms with E-state index in [2.05, 4.69) is 0 Å². The van der Waals surface area contributed by atoms with Crippen molar-refractivity contribution in [3.05, 3.63) is 46.5 Å². The molecule has 4 rings (SSSR count). The minimum absolute atomic E-state index is 0.0339. The van der Waals surface area contributed by atoms with Gasteiger partial charge in [0.05, 0.1) is 23.8 Å². The molecule has 1 amide bonds. The van der Waals surface area contributed by atoms with Crippen LogP contribution in [0.15, 0.2) is 35.4 Å². The molecule has 2 heterocycles. The molecule has 0 radical (unpaired) electrons. The summed E-state index contributed by atoms with van der Waals surface area (Å²) in [5, 5.41) is 12.0. The third-order valence-corrected chi connectivity index (χ3v) is 6.25. The number of amides is 1. The number of benzene rings is 1. The number of ketones is 2. The molecule has 0 aromatic heterocycles. The van der Waals surface area contributed by atoms with Crippen LogP contribution in [0, 0.1) is 0 Å². The summed E-state index contributed by atoms with van der Waals surface area (Å²) >= 11 is 0. The van der Waals surface area contributed by atoms with Gasteiger partial charge in [0.1, 0.15) is 6.10 Å². The van der Waals surface area contributed by atoms with Crippen molar-refractivity contribution >= 4 is 17.5 Å². The van der Waals surface area contributed by atoms with E-state index in [1.807, 2.05) is 6.92 Å². The van der Waals surface area contributed by atoms with Crippen LogP contribution < -0.4 is 5.32 Å². The quantitative estimate of drug-likeness (QED) is 0.677. The standard InChI is InChI=1S/C23H24F3NO7/c1-3-11-8-14-17(20(30)13-7-5-4-6-12(13)19(14)29)21(33-11)34-16-9-15(18(28)10(2)32-16)27-22(31)23(24,25)26/h4-7,10-11,15-16,18,21,28H,3,8-9H2,1-2H3,(H,27,31)/t10-,11+,15-,16-,18+,21+/m0/s1. The van der Waals surface area contributed by atoms with E-state index < -0.39 is 54.8 Å². The second-order valence-corrected chi connectivity index (χ2v) is 8.51. The Morgan fingerprint density at radius 1 is 1.18 bits per heavy atom. The Balaban J connectivity index is 1.59. The third kappa shape index (κ3) is 4.52. The number of alkyl halides is 3. The molecule has 1 aromatic rings. The largest absolute Gasteiger partial charge is 0.471 e. The van der Waals surface area contributed by atoms with Crippen molar-refractivity contribution in [1.82, 2.24) is 5.32 Å². The molecule has 1 fully saturated rings. The highest BCUT2D eigenvalue weighted by Gasteiger charge is 2.46. The van der Waals surface area contributed by atoms with E-state index in [9.17, 15) is 32.7 Å². The molecule has 11 heteroatoms. The normalized spacial score (nSPS) is 31.7. The van der Waals surface area contributed by atoms with E-state index in [1.54, 1.807) is 23.5 Å². The maximum absolute atomic E-state index is 13.2. The summed E-state index contributed by atoms with van der Waals surface area (Å²) in [6.45, 7) is 3.26. The fourth-order valence-electron chi connectivity index (χ4n) is 4.43. The summed E-state index contributed by atoms with van der Waals surface area (Å²) in [5.74, 6) is -2.93. The van der Waals surface area contributed by atoms with E-state index in [0.717, 1.165) is 0 Å². The Morgan fingerprint density at radius 2 is 1.82 bits per heavy atom. The predicted molar refractivity (Wildman–Crippen MR) is 110 cm³/mol. The minimum atomic E-state index is -5.12. The van der Waals surface area contributed by atoms with Crippen LogP contribution in [0.2, 0.25) is 0 Å². The average Bonchev–Trinajstić information content (AvgIpc) is 2.79. The molecule has 1 aliphatic carbocycles. The molecule has 0 spiro atoms. The summed E-state index contributed by atoms with van der Waals surface area (Å²) in [7, 11) is 0. The Hall–Kier alpha value is -2.60. The lowest BCUT2D eigenvalue weighted by Gasteiger charge is -2.41. The van der Waals surface area contributed by atoms with Crippen molar-refractivity contribution in [2.45, 2.75) is 76.2 Å². The Bertz CT molecular complexity index is 1040. The summed E-state index contributed by atoms with van der Waals surface area (Å²) in [4.78, 5) is 37.8. The number of fused-ring (bicyclic) bond motifs is 1. The number of hydrogen-bond acceptors (Lipinski definition) is 7. The van der Waals surface area contributed by atoms with Crippen LogP contribution in [-0.2, 0) is 19.0 Å². The Morgan fingerprint density at radius 3 is 2.44 bits per heavy atom. The fourth-order valence-corrected chi connectivity index (χ4v) is 4.43. The van der Waals surface area contributed by atoms with Gasteiger partial charge in [0, 0.05) is 29.5 Å². The molecule has 2 N–H and O–H groups in total. The number of Topliss-reactive ketones (excluding diaryl/α,β-unsaturated/α-hetero) is 2. The number of hydrogen-bond donors (Lipinski definition) is 2. The summed E-state index contributed by atoms with van der Waals surface area (Å²) < 4.78 is 55.5. The van der Waals surface area contributed by atoms with Gasteiger partial charge in [-0.3, -0.25) is 14.4 Å². The highest BCUT2D eigenvalue weighted by Crippen LogP contribution is 2.38. The summed E-state index contributed by atoms with van der Waals surface area (Å²) in [6.07, 6.45) is -10.1. The third-order valence-electron chi connectivity index (χ3n) is 6.25. The molecule has 34 heavy (non-hydrogen) atoms. The number of carbonyl (C=O) groups excluding carboxylic acids is 3. The first-order chi connectivity index (χ1) is 16.0. The van der Waals surface area contributed by atoms with Crippen LogP contribution in [-0.4, -0.2) is 65.7 Å². The van der Waals surface area contributed by atoms with E-state index in [4.69, 9.17) is 14.2 Å². The average molecular weight is 483 g/mol. The zero-order chi connectivity index (χ0) is 24.8. The zero-order valence-electron chi connectivity index (χ0n) is 18.4. The number of aliphatic hydroxyl groups is 1. The van der Waals surface area contributed by atoms with Crippen LogP contribution >= 0.6 is 0 Å². The molecule has 1 saturated heterocycles. The van der Waals surface area contributed by atoms with Gasteiger partial charge in [-0.25, -0.2) is 0 Å². The number of ether oxygens (including phenoxy) is 3.